The van der Waals surface area contributed by atoms with Gasteiger partial charge >= 0.3 is 10.2 Å². The highest BCUT2D eigenvalue weighted by Crippen LogP contribution is 2.61. The second kappa shape index (κ2) is 9.32. The van der Waals surface area contributed by atoms with Gasteiger partial charge in [-0.2, -0.15) is 12.7 Å². The summed E-state index contributed by atoms with van der Waals surface area (Å²) in [6.45, 7) is -0.336. The number of hydrogen-bond donors (Lipinski definition) is 2. The summed E-state index contributed by atoms with van der Waals surface area (Å²) in [4.78, 5) is 24.5. The summed E-state index contributed by atoms with van der Waals surface area (Å²) in [5.41, 5.74) is 5.64. The van der Waals surface area contributed by atoms with Crippen LogP contribution in [0.5, 0.6) is 0 Å². The fraction of sp³-hybridized carbons (Fsp3) is 0.636. The quantitative estimate of drug-likeness (QED) is 0.482. The fourth-order valence-corrected chi connectivity index (χ4v) is 8.43. The largest absolute Gasteiger partial charge is 0.370 e. The highest BCUT2D eigenvalue weighted by Gasteiger charge is 2.55. The van der Waals surface area contributed by atoms with Crippen LogP contribution < -0.4 is 15.4 Å². The van der Waals surface area contributed by atoms with Gasteiger partial charge < -0.3 is 11.1 Å². The minimum atomic E-state index is -4.06. The SMILES string of the molecule is CN(CC(=O)NC1C2CC3CC1CC(CC(N)=O)(C3)C2)S(=O)(=O)N(C)c1cc(Cl)c(Cl)cc1Cl. The van der Waals surface area contributed by atoms with Crippen LogP contribution >= 0.6 is 34.8 Å². The molecule has 34 heavy (non-hydrogen) atoms. The van der Waals surface area contributed by atoms with Gasteiger partial charge in [0.15, 0.2) is 0 Å². The van der Waals surface area contributed by atoms with Crippen molar-refractivity contribution in [3.8, 4) is 0 Å². The lowest BCUT2D eigenvalue weighted by atomic mass is 9.47. The van der Waals surface area contributed by atoms with Gasteiger partial charge in [-0.05, 0) is 67.4 Å². The van der Waals surface area contributed by atoms with Crippen LogP contribution in [0.3, 0.4) is 0 Å². The van der Waals surface area contributed by atoms with Gasteiger partial charge in [0, 0.05) is 26.6 Å². The molecule has 3 N–H and O–H groups in total. The lowest BCUT2D eigenvalue weighted by Crippen LogP contribution is -2.60. The van der Waals surface area contributed by atoms with Crippen molar-refractivity contribution in [3.63, 3.8) is 0 Å². The number of primary amides is 1. The topological polar surface area (TPSA) is 113 Å². The van der Waals surface area contributed by atoms with E-state index in [4.69, 9.17) is 40.5 Å². The fourth-order valence-electron chi connectivity index (χ4n) is 6.62. The number of hydrogen-bond acceptors (Lipinski definition) is 4. The van der Waals surface area contributed by atoms with Crippen LogP contribution in [0.1, 0.15) is 38.5 Å². The van der Waals surface area contributed by atoms with Crippen molar-refractivity contribution >= 4 is 62.5 Å². The van der Waals surface area contributed by atoms with Crippen molar-refractivity contribution < 1.29 is 18.0 Å². The zero-order chi connectivity index (χ0) is 25.0. The van der Waals surface area contributed by atoms with Crippen LogP contribution in [0.2, 0.25) is 15.1 Å². The number of halogens is 3. The number of carbonyl (C=O) groups is 2. The van der Waals surface area contributed by atoms with Crippen molar-refractivity contribution in [2.45, 2.75) is 44.6 Å². The standard InChI is InChI=1S/C22H29Cl3N4O4S/c1-28(34(32,33)29(2)18-6-16(24)15(23)5-17(18)25)11-20(31)27-21-13-3-12-4-14(21)9-22(7-12,8-13)10-19(26)30/h5-6,12-14,21H,3-4,7-11H2,1-2H3,(H2,26,30)(H,27,31). The molecule has 0 radical (unpaired) electrons. The first-order chi connectivity index (χ1) is 15.8. The minimum absolute atomic E-state index is 0.0107. The number of benzene rings is 1. The van der Waals surface area contributed by atoms with Crippen LogP contribution in [-0.2, 0) is 19.8 Å². The third-order valence-corrected chi connectivity index (χ3v) is 10.5. The molecule has 4 saturated carbocycles. The Morgan fingerprint density at radius 1 is 1.06 bits per heavy atom. The van der Waals surface area contributed by atoms with E-state index in [0.717, 1.165) is 40.7 Å². The molecule has 0 saturated heterocycles. The van der Waals surface area contributed by atoms with Crippen molar-refractivity contribution in [2.24, 2.45) is 28.9 Å². The van der Waals surface area contributed by atoms with Crippen LogP contribution in [0, 0.1) is 23.2 Å². The molecule has 2 amide bonds. The second-order valence-corrected chi connectivity index (χ2v) is 13.4. The maximum absolute atomic E-state index is 13.1. The van der Waals surface area contributed by atoms with Gasteiger partial charge in [0.25, 0.3) is 0 Å². The predicted molar refractivity (Wildman–Crippen MR) is 133 cm³/mol. The molecule has 8 nitrogen and oxygen atoms in total. The van der Waals surface area contributed by atoms with Crippen LogP contribution in [0.15, 0.2) is 12.1 Å². The lowest BCUT2D eigenvalue weighted by Gasteiger charge is -2.60. The molecule has 4 fully saturated rings. The first-order valence-corrected chi connectivity index (χ1v) is 13.8. The average Bonchev–Trinajstić information content (AvgIpc) is 2.71. The summed E-state index contributed by atoms with van der Waals surface area (Å²) < 4.78 is 28.1. The monoisotopic (exact) mass is 550 g/mol. The molecule has 0 aliphatic heterocycles. The molecular formula is C22H29Cl3N4O4S. The number of nitrogens with two attached hydrogens (primary N) is 1. The second-order valence-electron chi connectivity index (χ2n) is 10.2. The maximum Gasteiger partial charge on any atom is 0.304 e. The molecule has 0 heterocycles. The Labute approximate surface area is 215 Å². The first kappa shape index (κ1) is 25.8. The first-order valence-electron chi connectivity index (χ1n) is 11.2. The molecular weight excluding hydrogens is 523 g/mol. The summed E-state index contributed by atoms with van der Waals surface area (Å²) in [5, 5.41) is 3.60. The normalized spacial score (nSPS) is 29.9. The highest BCUT2D eigenvalue weighted by molar-refractivity contribution is 7.90. The molecule has 5 rings (SSSR count). The average molecular weight is 552 g/mol. The van der Waals surface area contributed by atoms with Gasteiger partial charge in [-0.15, -0.1) is 0 Å². The molecule has 188 valence electrons. The molecule has 2 atom stereocenters. The Morgan fingerprint density at radius 2 is 1.65 bits per heavy atom. The number of carbonyl (C=O) groups excluding carboxylic acids is 2. The van der Waals surface area contributed by atoms with Gasteiger partial charge in [0.2, 0.25) is 11.8 Å². The van der Waals surface area contributed by atoms with Crippen molar-refractivity contribution in [1.82, 2.24) is 9.62 Å². The van der Waals surface area contributed by atoms with Crippen molar-refractivity contribution in [3.05, 3.63) is 27.2 Å². The van der Waals surface area contributed by atoms with Crippen LogP contribution in [0.25, 0.3) is 0 Å². The van der Waals surface area contributed by atoms with Gasteiger partial charge in [0.05, 0.1) is 27.3 Å². The molecule has 2 unspecified atom stereocenters. The molecule has 1 aromatic carbocycles. The summed E-state index contributed by atoms with van der Waals surface area (Å²) in [5.74, 6) is 0.516. The molecule has 4 aliphatic carbocycles. The van der Waals surface area contributed by atoms with E-state index in [9.17, 15) is 18.0 Å². The van der Waals surface area contributed by atoms with Gasteiger partial charge in [0.1, 0.15) is 0 Å². The van der Waals surface area contributed by atoms with Crippen LogP contribution in [0.4, 0.5) is 5.69 Å². The van der Waals surface area contributed by atoms with E-state index < -0.39 is 10.2 Å². The molecule has 4 bridgehead atoms. The van der Waals surface area contributed by atoms with E-state index in [0.29, 0.717) is 12.3 Å². The van der Waals surface area contributed by atoms with E-state index in [2.05, 4.69) is 5.32 Å². The van der Waals surface area contributed by atoms with Crippen LogP contribution in [-0.4, -0.2) is 51.2 Å². The highest BCUT2D eigenvalue weighted by atomic mass is 35.5. The number of nitrogens with zero attached hydrogens (tertiary/aromatic N) is 2. The maximum atomic E-state index is 13.1. The third kappa shape index (κ3) is 4.87. The Morgan fingerprint density at radius 3 is 2.24 bits per heavy atom. The number of anilines is 1. The molecule has 4 aliphatic rings. The third-order valence-electron chi connectivity index (χ3n) is 7.71. The Bertz CT molecular complexity index is 1100. The molecule has 1 aromatic rings. The molecule has 12 heteroatoms. The van der Waals surface area contributed by atoms with E-state index in [1.165, 1.54) is 26.2 Å². The Balaban J connectivity index is 1.41. The smallest absolute Gasteiger partial charge is 0.304 e. The summed E-state index contributed by atoms with van der Waals surface area (Å²) >= 11 is 18.2. The summed E-state index contributed by atoms with van der Waals surface area (Å²) in [7, 11) is -1.37. The lowest BCUT2D eigenvalue weighted by molar-refractivity contribution is -0.134. The number of nitrogens with one attached hydrogen (secondary N) is 1. The molecule has 0 spiro atoms. The van der Waals surface area contributed by atoms with E-state index in [1.54, 1.807) is 0 Å². The predicted octanol–water partition coefficient (Wildman–Crippen LogP) is 3.45. The number of likely N-dealkylation sites (N-methyl/N-ethyl adjacent to an activating group) is 1. The van der Waals surface area contributed by atoms with Gasteiger partial charge in [-0.25, -0.2) is 0 Å². The number of amides is 2. The van der Waals surface area contributed by atoms with Crippen molar-refractivity contribution in [2.75, 3.05) is 24.9 Å². The summed E-state index contributed by atoms with van der Waals surface area (Å²) in [6, 6.07) is 2.73. The van der Waals surface area contributed by atoms with Crippen molar-refractivity contribution in [1.29, 1.82) is 0 Å². The minimum Gasteiger partial charge on any atom is -0.370 e. The van der Waals surface area contributed by atoms with Gasteiger partial charge in [-0.3, -0.25) is 13.9 Å². The number of rotatable bonds is 8. The van der Waals surface area contributed by atoms with E-state index in [1.807, 2.05) is 0 Å². The Kier molecular flexibility index (Phi) is 7.08. The van der Waals surface area contributed by atoms with E-state index in [-0.39, 0.29) is 62.4 Å². The van der Waals surface area contributed by atoms with Gasteiger partial charge in [-0.1, -0.05) is 34.8 Å². The van der Waals surface area contributed by atoms with E-state index >= 15 is 0 Å². The zero-order valence-electron chi connectivity index (χ0n) is 19.1. The Hall–Kier alpha value is -1.26. The zero-order valence-corrected chi connectivity index (χ0v) is 22.1. The summed E-state index contributed by atoms with van der Waals surface area (Å²) in [6.07, 6.45) is 5.24. The molecule has 0 aromatic heterocycles.